The number of ketones is 1. The van der Waals surface area contributed by atoms with Crippen molar-refractivity contribution in [3.8, 4) is 0 Å². The number of amides is 3. The molecule has 1 saturated carbocycles. The molecular weight excluding hydrogens is 484 g/mol. The fourth-order valence-corrected chi connectivity index (χ4v) is 5.00. The Kier molecular flexibility index (Phi) is 6.17. The SMILES string of the molecule is Cc1ccc(NC(=O)c2c(C)c(C(=O)C(=O)NC3(C(N)=O)CC(F)(F)C3)n3c2CCC3)cc1C(F)F. The lowest BCUT2D eigenvalue weighted by molar-refractivity contribution is -0.162. The summed E-state index contributed by atoms with van der Waals surface area (Å²) in [6.45, 7) is 3.31. The van der Waals surface area contributed by atoms with Crippen LogP contribution in [0.15, 0.2) is 18.2 Å². The number of rotatable bonds is 7. The average Bonchev–Trinajstić information content (AvgIpc) is 3.32. The summed E-state index contributed by atoms with van der Waals surface area (Å²) in [5, 5.41) is 4.65. The summed E-state index contributed by atoms with van der Waals surface area (Å²) in [7, 11) is 0. The lowest BCUT2D eigenvalue weighted by Gasteiger charge is -2.44. The number of carbonyl (C=O) groups is 4. The van der Waals surface area contributed by atoms with Gasteiger partial charge in [-0.15, -0.1) is 0 Å². The summed E-state index contributed by atoms with van der Waals surface area (Å²) >= 11 is 0. The molecule has 1 aliphatic carbocycles. The quantitative estimate of drug-likeness (QED) is 0.302. The Balaban J connectivity index is 1.62. The van der Waals surface area contributed by atoms with Gasteiger partial charge < -0.3 is 20.9 Å². The van der Waals surface area contributed by atoms with Gasteiger partial charge in [-0.2, -0.15) is 0 Å². The van der Waals surface area contributed by atoms with Gasteiger partial charge in [0, 0.05) is 36.3 Å². The normalized spacial score (nSPS) is 17.3. The van der Waals surface area contributed by atoms with Crippen LogP contribution in [0.25, 0.3) is 0 Å². The third-order valence-corrected chi connectivity index (χ3v) is 6.78. The first-order chi connectivity index (χ1) is 16.8. The summed E-state index contributed by atoms with van der Waals surface area (Å²) in [5.74, 6) is -7.39. The topological polar surface area (TPSA) is 123 Å². The number of primary amides is 1. The molecule has 1 fully saturated rings. The molecule has 3 amide bonds. The Labute approximate surface area is 203 Å². The molecular formula is C24H24F4N4O4. The van der Waals surface area contributed by atoms with Crippen molar-refractivity contribution in [2.75, 3.05) is 5.32 Å². The number of nitrogens with one attached hydrogen (secondary N) is 2. The highest BCUT2D eigenvalue weighted by Crippen LogP contribution is 2.45. The number of halogens is 4. The number of aromatic nitrogens is 1. The van der Waals surface area contributed by atoms with Gasteiger partial charge in [0.2, 0.25) is 5.91 Å². The zero-order valence-electron chi connectivity index (χ0n) is 19.5. The smallest absolute Gasteiger partial charge is 0.294 e. The van der Waals surface area contributed by atoms with Gasteiger partial charge in [-0.25, -0.2) is 17.6 Å². The molecule has 2 aromatic rings. The van der Waals surface area contributed by atoms with E-state index in [1.807, 2.05) is 0 Å². The van der Waals surface area contributed by atoms with E-state index in [0.717, 1.165) is 0 Å². The first-order valence-corrected chi connectivity index (χ1v) is 11.2. The molecule has 1 aromatic heterocycles. The molecule has 1 aromatic carbocycles. The van der Waals surface area contributed by atoms with E-state index >= 15 is 0 Å². The van der Waals surface area contributed by atoms with Crippen LogP contribution in [0.1, 0.15) is 68.9 Å². The highest BCUT2D eigenvalue weighted by molar-refractivity contribution is 6.43. The molecule has 0 bridgehead atoms. The number of fused-ring (bicyclic) bond motifs is 1. The number of hydrogen-bond donors (Lipinski definition) is 3. The van der Waals surface area contributed by atoms with E-state index in [4.69, 9.17) is 5.73 Å². The largest absolute Gasteiger partial charge is 0.368 e. The summed E-state index contributed by atoms with van der Waals surface area (Å²) < 4.78 is 54.9. The molecule has 0 unspecified atom stereocenters. The highest BCUT2D eigenvalue weighted by atomic mass is 19.3. The molecule has 12 heteroatoms. The number of alkyl halides is 4. The van der Waals surface area contributed by atoms with Gasteiger partial charge >= 0.3 is 0 Å². The Morgan fingerprint density at radius 2 is 1.78 bits per heavy atom. The molecule has 8 nitrogen and oxygen atoms in total. The van der Waals surface area contributed by atoms with E-state index in [0.29, 0.717) is 30.6 Å². The molecule has 2 heterocycles. The van der Waals surface area contributed by atoms with Crippen molar-refractivity contribution in [2.24, 2.45) is 5.73 Å². The lowest BCUT2D eigenvalue weighted by atomic mass is 9.72. The second-order valence-electron chi connectivity index (χ2n) is 9.32. The van der Waals surface area contributed by atoms with Crippen LogP contribution in [0.3, 0.4) is 0 Å². The van der Waals surface area contributed by atoms with Crippen molar-refractivity contribution in [3.63, 3.8) is 0 Å². The minimum Gasteiger partial charge on any atom is -0.368 e. The molecule has 0 atom stereocenters. The molecule has 2 aliphatic rings. The zero-order valence-corrected chi connectivity index (χ0v) is 19.5. The Hall–Kier alpha value is -3.70. The average molecular weight is 508 g/mol. The summed E-state index contributed by atoms with van der Waals surface area (Å²) in [4.78, 5) is 50.7. The number of nitrogens with zero attached hydrogens (tertiary/aromatic N) is 1. The molecule has 0 spiro atoms. The number of aryl methyl sites for hydroxylation is 1. The van der Waals surface area contributed by atoms with E-state index < -0.39 is 54.2 Å². The van der Waals surface area contributed by atoms with Crippen molar-refractivity contribution in [1.82, 2.24) is 9.88 Å². The fraction of sp³-hybridized carbons (Fsp3) is 0.417. The first-order valence-electron chi connectivity index (χ1n) is 11.2. The molecule has 1 aliphatic heterocycles. The second-order valence-corrected chi connectivity index (χ2v) is 9.32. The molecule has 4 rings (SSSR count). The van der Waals surface area contributed by atoms with Crippen LogP contribution in [-0.2, 0) is 22.6 Å². The third kappa shape index (κ3) is 4.24. The van der Waals surface area contributed by atoms with Crippen LogP contribution in [0.4, 0.5) is 23.2 Å². The predicted molar refractivity (Wildman–Crippen MR) is 120 cm³/mol. The van der Waals surface area contributed by atoms with Gasteiger partial charge in [-0.05, 0) is 49.9 Å². The van der Waals surface area contributed by atoms with Crippen molar-refractivity contribution in [1.29, 1.82) is 0 Å². The minimum absolute atomic E-state index is 0.104. The molecule has 4 N–H and O–H groups in total. The molecule has 36 heavy (non-hydrogen) atoms. The Morgan fingerprint density at radius 1 is 1.11 bits per heavy atom. The minimum atomic E-state index is -3.19. The van der Waals surface area contributed by atoms with E-state index in [1.165, 1.54) is 36.6 Å². The van der Waals surface area contributed by atoms with Crippen molar-refractivity contribution < 1.29 is 36.7 Å². The Morgan fingerprint density at radius 3 is 2.36 bits per heavy atom. The van der Waals surface area contributed by atoms with E-state index in [1.54, 1.807) is 0 Å². The monoisotopic (exact) mass is 508 g/mol. The van der Waals surface area contributed by atoms with Crippen LogP contribution >= 0.6 is 0 Å². The van der Waals surface area contributed by atoms with Gasteiger partial charge in [0.05, 0.1) is 11.3 Å². The number of hydrogen-bond acceptors (Lipinski definition) is 4. The molecule has 0 radical (unpaired) electrons. The summed E-state index contributed by atoms with van der Waals surface area (Å²) in [5.41, 5.74) is 4.14. The number of benzene rings is 1. The predicted octanol–water partition coefficient (Wildman–Crippen LogP) is 3.19. The third-order valence-electron chi connectivity index (χ3n) is 6.78. The second kappa shape index (κ2) is 8.75. The molecule has 192 valence electrons. The number of carbonyl (C=O) groups excluding carboxylic acids is 4. The fourth-order valence-electron chi connectivity index (χ4n) is 5.00. The summed E-state index contributed by atoms with van der Waals surface area (Å²) in [6, 6.07) is 4.09. The van der Waals surface area contributed by atoms with E-state index in [2.05, 4.69) is 10.6 Å². The maximum atomic E-state index is 13.4. The number of nitrogens with two attached hydrogens (primary N) is 1. The van der Waals surface area contributed by atoms with E-state index in [-0.39, 0.29) is 28.1 Å². The van der Waals surface area contributed by atoms with Crippen LogP contribution in [0, 0.1) is 13.8 Å². The standard InChI is InChI=1S/C24H24F4N4O4/c1-11-5-6-13(8-14(11)19(25)26)30-20(34)16-12(2)17(32-7-3-4-15(16)32)18(33)21(35)31-23(22(29)36)9-24(27,28)10-23/h5-6,8,19H,3-4,7,9-10H2,1-2H3,(H2,29,36)(H,30,34)(H,31,35). The van der Waals surface area contributed by atoms with Crippen molar-refractivity contribution in [2.45, 2.75) is 64.0 Å². The lowest BCUT2D eigenvalue weighted by Crippen LogP contribution is -2.69. The summed E-state index contributed by atoms with van der Waals surface area (Å²) in [6.07, 6.45) is -3.75. The van der Waals surface area contributed by atoms with Gasteiger partial charge in [0.1, 0.15) is 5.54 Å². The maximum absolute atomic E-state index is 13.4. The van der Waals surface area contributed by atoms with Gasteiger partial charge in [-0.1, -0.05) is 6.07 Å². The number of anilines is 1. The first kappa shape index (κ1) is 25.4. The van der Waals surface area contributed by atoms with E-state index in [9.17, 15) is 36.7 Å². The maximum Gasteiger partial charge on any atom is 0.294 e. The van der Waals surface area contributed by atoms with Crippen LogP contribution < -0.4 is 16.4 Å². The van der Waals surface area contributed by atoms with Crippen LogP contribution in [0.2, 0.25) is 0 Å². The van der Waals surface area contributed by atoms with Gasteiger partial charge in [0.25, 0.3) is 29.9 Å². The van der Waals surface area contributed by atoms with Gasteiger partial charge in [-0.3, -0.25) is 19.2 Å². The van der Waals surface area contributed by atoms with Crippen molar-refractivity contribution >= 4 is 29.2 Å². The molecule has 0 saturated heterocycles. The van der Waals surface area contributed by atoms with Crippen molar-refractivity contribution in [3.05, 3.63) is 51.8 Å². The number of Topliss-reactive ketones (excluding diaryl/α,β-unsaturated/α-hetero) is 1. The van der Waals surface area contributed by atoms with Gasteiger partial charge in [0.15, 0.2) is 0 Å². The zero-order chi connectivity index (χ0) is 26.6. The highest BCUT2D eigenvalue weighted by Gasteiger charge is 2.61. The van der Waals surface area contributed by atoms with Crippen LogP contribution in [-0.4, -0.2) is 39.5 Å². The van der Waals surface area contributed by atoms with Crippen LogP contribution in [0.5, 0.6) is 0 Å². The Bertz CT molecular complexity index is 1290.